The van der Waals surface area contributed by atoms with Gasteiger partial charge in [0.2, 0.25) is 0 Å². The van der Waals surface area contributed by atoms with Crippen LogP contribution in [0.3, 0.4) is 0 Å². The molecule has 0 atom stereocenters. The van der Waals surface area contributed by atoms with Gasteiger partial charge in [-0.05, 0) is 12.8 Å². The van der Waals surface area contributed by atoms with Crippen molar-refractivity contribution in [1.82, 2.24) is 0 Å². The van der Waals surface area contributed by atoms with Crippen LogP contribution in [0, 0.1) is 0 Å². The summed E-state index contributed by atoms with van der Waals surface area (Å²) >= 11 is 0. The van der Waals surface area contributed by atoms with Gasteiger partial charge in [-0.15, -0.1) is 0 Å². The summed E-state index contributed by atoms with van der Waals surface area (Å²) in [5, 5.41) is 0. The van der Waals surface area contributed by atoms with E-state index < -0.39 is 0 Å². The van der Waals surface area contributed by atoms with Gasteiger partial charge in [0.05, 0.1) is 0 Å². The monoisotopic (exact) mass is 326 g/mol. The molecule has 0 saturated heterocycles. The lowest BCUT2D eigenvalue weighted by molar-refractivity contribution is 0.127. The Balaban J connectivity index is 2.92. The molecular formula is C22H46O. The van der Waals surface area contributed by atoms with Crippen molar-refractivity contribution in [1.29, 1.82) is 0 Å². The summed E-state index contributed by atoms with van der Waals surface area (Å²) in [5.41, 5.74) is 0. The summed E-state index contributed by atoms with van der Waals surface area (Å²) in [6, 6.07) is 0. The van der Waals surface area contributed by atoms with Gasteiger partial charge in [-0.1, -0.05) is 117 Å². The van der Waals surface area contributed by atoms with Crippen molar-refractivity contribution < 1.29 is 4.74 Å². The van der Waals surface area contributed by atoms with Crippen LogP contribution in [0.15, 0.2) is 0 Å². The zero-order valence-electron chi connectivity index (χ0n) is 16.6. The molecule has 1 nitrogen and oxygen atoms in total. The van der Waals surface area contributed by atoms with Crippen LogP contribution >= 0.6 is 0 Å². The molecule has 0 aromatic rings. The Morgan fingerprint density at radius 1 is 0.348 bits per heavy atom. The van der Waals surface area contributed by atoms with Crippen LogP contribution in [0.4, 0.5) is 0 Å². The highest BCUT2D eigenvalue weighted by Gasteiger charge is 1.95. The average Bonchev–Trinajstić information content (AvgIpc) is 2.57. The standard InChI is InChI=1S/C22H46O/c1-3-5-7-8-9-10-11-12-13-14-15-16-17-18-19-20-22-23-21-6-4-2/h3-22H2,1-2H3. The van der Waals surface area contributed by atoms with Crippen molar-refractivity contribution in [2.24, 2.45) is 0 Å². The molecule has 0 radical (unpaired) electrons. The highest BCUT2D eigenvalue weighted by Crippen LogP contribution is 2.13. The van der Waals surface area contributed by atoms with Crippen molar-refractivity contribution in [3.63, 3.8) is 0 Å². The van der Waals surface area contributed by atoms with Crippen molar-refractivity contribution in [2.75, 3.05) is 13.2 Å². The van der Waals surface area contributed by atoms with E-state index in [1.54, 1.807) is 0 Å². The third kappa shape index (κ3) is 22.0. The Bertz CT molecular complexity index is 170. The summed E-state index contributed by atoms with van der Waals surface area (Å²) in [6.07, 6.45) is 25.4. The second-order valence-corrected chi connectivity index (χ2v) is 7.27. The van der Waals surface area contributed by atoms with Gasteiger partial charge in [-0.25, -0.2) is 0 Å². The molecule has 0 rings (SSSR count). The fourth-order valence-electron chi connectivity index (χ4n) is 3.10. The first kappa shape index (κ1) is 23.0. The van der Waals surface area contributed by atoms with Gasteiger partial charge in [-0.2, -0.15) is 0 Å². The van der Waals surface area contributed by atoms with Gasteiger partial charge >= 0.3 is 0 Å². The minimum atomic E-state index is 0.968. The van der Waals surface area contributed by atoms with Crippen LogP contribution < -0.4 is 0 Å². The van der Waals surface area contributed by atoms with Gasteiger partial charge in [0.25, 0.3) is 0 Å². The van der Waals surface area contributed by atoms with Crippen LogP contribution in [0.2, 0.25) is 0 Å². The second kappa shape index (κ2) is 22.0. The summed E-state index contributed by atoms with van der Waals surface area (Å²) in [4.78, 5) is 0. The van der Waals surface area contributed by atoms with Crippen LogP contribution in [0.5, 0.6) is 0 Å². The Morgan fingerprint density at radius 2 is 0.652 bits per heavy atom. The van der Waals surface area contributed by atoms with Crippen molar-refractivity contribution in [3.05, 3.63) is 0 Å². The van der Waals surface area contributed by atoms with Crippen molar-refractivity contribution in [3.8, 4) is 0 Å². The number of hydrogen-bond acceptors (Lipinski definition) is 1. The summed E-state index contributed by atoms with van der Waals surface area (Å²) in [7, 11) is 0. The van der Waals surface area contributed by atoms with E-state index in [4.69, 9.17) is 4.74 Å². The Hall–Kier alpha value is -0.0400. The molecule has 0 spiro atoms. The zero-order chi connectivity index (χ0) is 16.8. The van der Waals surface area contributed by atoms with E-state index in [1.165, 1.54) is 116 Å². The lowest BCUT2D eigenvalue weighted by Gasteiger charge is -2.04. The van der Waals surface area contributed by atoms with Gasteiger partial charge in [0.15, 0.2) is 0 Å². The molecule has 0 fully saturated rings. The van der Waals surface area contributed by atoms with Gasteiger partial charge in [0, 0.05) is 13.2 Å². The van der Waals surface area contributed by atoms with Crippen molar-refractivity contribution in [2.45, 2.75) is 129 Å². The van der Waals surface area contributed by atoms with Crippen LogP contribution in [-0.2, 0) is 4.74 Å². The lowest BCUT2D eigenvalue weighted by Crippen LogP contribution is -1.96. The summed E-state index contributed by atoms with van der Waals surface area (Å²) in [5.74, 6) is 0. The van der Waals surface area contributed by atoms with Crippen molar-refractivity contribution >= 4 is 0 Å². The maximum atomic E-state index is 5.59. The molecule has 0 aromatic heterocycles. The molecular weight excluding hydrogens is 280 g/mol. The topological polar surface area (TPSA) is 9.23 Å². The van der Waals surface area contributed by atoms with E-state index in [2.05, 4.69) is 13.8 Å². The molecule has 0 heterocycles. The number of ether oxygens (including phenoxy) is 1. The molecule has 0 unspecified atom stereocenters. The maximum Gasteiger partial charge on any atom is 0.0466 e. The van der Waals surface area contributed by atoms with E-state index in [0.717, 1.165) is 13.2 Å². The molecule has 0 N–H and O–H groups in total. The highest BCUT2D eigenvalue weighted by atomic mass is 16.5. The predicted molar refractivity (Wildman–Crippen MR) is 105 cm³/mol. The molecule has 140 valence electrons. The first-order valence-corrected chi connectivity index (χ1v) is 11.0. The Labute approximate surface area is 148 Å². The third-order valence-corrected chi connectivity index (χ3v) is 4.78. The van der Waals surface area contributed by atoms with E-state index >= 15 is 0 Å². The highest BCUT2D eigenvalue weighted by molar-refractivity contribution is 4.50. The quantitative estimate of drug-likeness (QED) is 0.205. The van der Waals surface area contributed by atoms with E-state index in [9.17, 15) is 0 Å². The normalized spacial score (nSPS) is 11.2. The summed E-state index contributed by atoms with van der Waals surface area (Å²) in [6.45, 7) is 6.47. The minimum Gasteiger partial charge on any atom is -0.381 e. The fraction of sp³-hybridized carbons (Fsp3) is 1.00. The Kier molecular flexibility index (Phi) is 21.9. The molecule has 0 aliphatic heterocycles. The SMILES string of the molecule is CCCCCCCCCCCCCCCCCCOCCCC. The first-order chi connectivity index (χ1) is 11.4. The van der Waals surface area contributed by atoms with Crippen LogP contribution in [0.25, 0.3) is 0 Å². The molecule has 0 aliphatic rings. The maximum absolute atomic E-state index is 5.59. The Morgan fingerprint density at radius 3 is 1.04 bits per heavy atom. The zero-order valence-corrected chi connectivity index (χ0v) is 16.6. The van der Waals surface area contributed by atoms with Gasteiger partial charge in [0.1, 0.15) is 0 Å². The van der Waals surface area contributed by atoms with Crippen LogP contribution in [0.1, 0.15) is 129 Å². The smallest absolute Gasteiger partial charge is 0.0466 e. The van der Waals surface area contributed by atoms with E-state index in [1.807, 2.05) is 0 Å². The van der Waals surface area contributed by atoms with Gasteiger partial charge in [-0.3, -0.25) is 0 Å². The molecule has 23 heavy (non-hydrogen) atoms. The third-order valence-electron chi connectivity index (χ3n) is 4.78. The molecule has 0 saturated carbocycles. The fourth-order valence-corrected chi connectivity index (χ4v) is 3.10. The van der Waals surface area contributed by atoms with Gasteiger partial charge < -0.3 is 4.74 Å². The molecule has 0 aromatic carbocycles. The number of unbranched alkanes of at least 4 members (excludes halogenated alkanes) is 16. The number of rotatable bonds is 20. The molecule has 1 heteroatoms. The predicted octanol–water partition coefficient (Wildman–Crippen LogP) is 8.06. The second-order valence-electron chi connectivity index (χ2n) is 7.27. The largest absolute Gasteiger partial charge is 0.381 e. The molecule has 0 aliphatic carbocycles. The van der Waals surface area contributed by atoms with E-state index in [0.29, 0.717) is 0 Å². The summed E-state index contributed by atoms with van der Waals surface area (Å²) < 4.78 is 5.59. The molecule has 0 bridgehead atoms. The average molecular weight is 327 g/mol. The van der Waals surface area contributed by atoms with Crippen LogP contribution in [-0.4, -0.2) is 13.2 Å². The molecule has 0 amide bonds. The van der Waals surface area contributed by atoms with E-state index in [-0.39, 0.29) is 0 Å². The minimum absolute atomic E-state index is 0.968. The first-order valence-electron chi connectivity index (χ1n) is 11.0. The lowest BCUT2D eigenvalue weighted by atomic mass is 10.0. The number of hydrogen-bond donors (Lipinski definition) is 0.